The molecule has 4 aromatic heterocycles. The van der Waals surface area contributed by atoms with Crippen LogP contribution in [0, 0.1) is 0 Å². The fourth-order valence-corrected chi connectivity index (χ4v) is 7.69. The summed E-state index contributed by atoms with van der Waals surface area (Å²) in [6, 6.07) is 56.7. The lowest BCUT2D eigenvalue weighted by Gasteiger charge is -2.12. The number of benzene rings is 7. The molecule has 11 aromatic rings. The Morgan fingerprint density at radius 2 is 0.941 bits per heavy atom. The molecule has 11 rings (SSSR count). The molecule has 0 amide bonds. The molecule has 5 nitrogen and oxygen atoms in total. The van der Waals surface area contributed by atoms with E-state index in [-0.39, 0.29) is 0 Å². The maximum absolute atomic E-state index is 6.27. The lowest BCUT2D eigenvalue weighted by atomic mass is 10.0. The summed E-state index contributed by atoms with van der Waals surface area (Å²) in [5, 5.41) is 6.67. The fraction of sp³-hybridized carbons (Fsp3) is 0. The number of rotatable bonds is 4. The molecule has 238 valence electrons. The van der Waals surface area contributed by atoms with Crippen molar-refractivity contribution in [1.82, 2.24) is 14.5 Å². The number of fused-ring (bicyclic) bond motifs is 9. The molecule has 0 aliphatic rings. The number of furan rings is 2. The van der Waals surface area contributed by atoms with Crippen LogP contribution < -0.4 is 0 Å². The zero-order chi connectivity index (χ0) is 33.5. The summed E-state index contributed by atoms with van der Waals surface area (Å²) in [6.07, 6.45) is 0. The Balaban J connectivity index is 1.12. The van der Waals surface area contributed by atoms with Gasteiger partial charge in [0.2, 0.25) is 0 Å². The molecule has 0 spiro atoms. The van der Waals surface area contributed by atoms with E-state index in [1.807, 2.05) is 54.6 Å². The summed E-state index contributed by atoms with van der Waals surface area (Å²) < 4.78 is 14.8. The van der Waals surface area contributed by atoms with Crippen LogP contribution >= 0.6 is 0 Å². The number of aromatic nitrogens is 3. The summed E-state index contributed by atoms with van der Waals surface area (Å²) in [5.74, 6) is 0.642. The summed E-state index contributed by atoms with van der Waals surface area (Å²) in [7, 11) is 0. The van der Waals surface area contributed by atoms with Crippen LogP contribution in [0.15, 0.2) is 173 Å². The first-order valence-corrected chi connectivity index (χ1v) is 17.1. The Morgan fingerprint density at radius 1 is 0.392 bits per heavy atom. The van der Waals surface area contributed by atoms with E-state index in [2.05, 4.69) is 114 Å². The third-order valence-corrected chi connectivity index (χ3v) is 10.0. The number of para-hydroxylation sites is 4. The molecule has 0 saturated heterocycles. The third-order valence-electron chi connectivity index (χ3n) is 10.0. The van der Waals surface area contributed by atoms with Crippen molar-refractivity contribution in [3.05, 3.63) is 164 Å². The van der Waals surface area contributed by atoms with Crippen molar-refractivity contribution in [2.45, 2.75) is 0 Å². The largest absolute Gasteiger partial charge is 0.456 e. The molecule has 0 bridgehead atoms. The van der Waals surface area contributed by atoms with Crippen LogP contribution in [-0.2, 0) is 0 Å². The van der Waals surface area contributed by atoms with Gasteiger partial charge in [0, 0.05) is 54.7 Å². The van der Waals surface area contributed by atoms with Crippen molar-refractivity contribution in [2.75, 3.05) is 0 Å². The van der Waals surface area contributed by atoms with Gasteiger partial charge in [-0.1, -0.05) is 97.1 Å². The fourth-order valence-electron chi connectivity index (χ4n) is 7.69. The second kappa shape index (κ2) is 10.8. The van der Waals surface area contributed by atoms with Crippen LogP contribution in [0.25, 0.3) is 105 Å². The lowest BCUT2D eigenvalue weighted by Crippen LogP contribution is -1.97. The SMILES string of the molecule is c1ccc2c(c1)oc1ccc(-c3cc(-c4ccc(-n5c6ccccc6c6ccccc65)cc4)nc(-c4cccc5oc6ccccc6c45)n3)cc12. The highest BCUT2D eigenvalue weighted by Gasteiger charge is 2.18. The van der Waals surface area contributed by atoms with Gasteiger partial charge < -0.3 is 13.4 Å². The van der Waals surface area contributed by atoms with Gasteiger partial charge in [-0.05, 0) is 66.7 Å². The first-order valence-electron chi connectivity index (χ1n) is 17.1. The van der Waals surface area contributed by atoms with E-state index in [4.69, 9.17) is 18.8 Å². The Hall–Kier alpha value is -6.98. The Bertz CT molecular complexity index is 3090. The molecular weight excluding hydrogens is 627 g/mol. The minimum Gasteiger partial charge on any atom is -0.456 e. The van der Waals surface area contributed by atoms with E-state index < -0.39 is 0 Å². The highest BCUT2D eigenvalue weighted by atomic mass is 16.3. The first kappa shape index (κ1) is 27.9. The zero-order valence-electron chi connectivity index (χ0n) is 27.2. The van der Waals surface area contributed by atoms with Gasteiger partial charge in [0.1, 0.15) is 22.3 Å². The molecule has 0 unspecified atom stereocenters. The predicted molar refractivity (Wildman–Crippen MR) is 207 cm³/mol. The summed E-state index contributed by atoms with van der Waals surface area (Å²) >= 11 is 0. The van der Waals surface area contributed by atoms with Crippen molar-refractivity contribution in [3.8, 4) is 39.6 Å². The third kappa shape index (κ3) is 4.28. The number of hydrogen-bond donors (Lipinski definition) is 0. The van der Waals surface area contributed by atoms with Crippen LogP contribution in [0.3, 0.4) is 0 Å². The van der Waals surface area contributed by atoms with Gasteiger partial charge in [0.15, 0.2) is 5.82 Å². The van der Waals surface area contributed by atoms with Crippen LogP contribution in [0.2, 0.25) is 0 Å². The van der Waals surface area contributed by atoms with Gasteiger partial charge >= 0.3 is 0 Å². The molecule has 5 heteroatoms. The number of nitrogens with zero attached hydrogens (tertiary/aromatic N) is 3. The van der Waals surface area contributed by atoms with Gasteiger partial charge in [0.25, 0.3) is 0 Å². The standard InChI is InChI=1S/C46H27N3O2/c1-5-15-39-31(10-1)32-11-2-6-16-40(32)49(39)30-23-20-28(21-24-30)37-27-38(29-22-25-43-36(26-29)33-12-3-7-17-41(33)50-43)48-46(47-37)35-14-9-19-44-45(35)34-13-4-8-18-42(34)51-44/h1-27H. The molecule has 0 aliphatic carbocycles. The predicted octanol–water partition coefficient (Wildman–Crippen LogP) is 12.4. The lowest BCUT2D eigenvalue weighted by molar-refractivity contribution is 0.668. The molecule has 51 heavy (non-hydrogen) atoms. The van der Waals surface area contributed by atoms with E-state index in [0.717, 1.165) is 77.6 Å². The molecule has 0 radical (unpaired) electrons. The van der Waals surface area contributed by atoms with Gasteiger partial charge in [-0.25, -0.2) is 9.97 Å². The maximum Gasteiger partial charge on any atom is 0.161 e. The first-order chi connectivity index (χ1) is 25.3. The van der Waals surface area contributed by atoms with E-state index in [1.165, 1.54) is 21.8 Å². The Morgan fingerprint density at radius 3 is 1.69 bits per heavy atom. The highest BCUT2D eigenvalue weighted by Crippen LogP contribution is 2.39. The molecular formula is C46H27N3O2. The zero-order valence-corrected chi connectivity index (χ0v) is 27.2. The molecule has 0 aliphatic heterocycles. The van der Waals surface area contributed by atoms with Gasteiger partial charge in [0.05, 0.1) is 22.4 Å². The van der Waals surface area contributed by atoms with E-state index in [0.29, 0.717) is 5.82 Å². The molecule has 7 aromatic carbocycles. The van der Waals surface area contributed by atoms with Crippen molar-refractivity contribution >= 4 is 65.7 Å². The van der Waals surface area contributed by atoms with Crippen molar-refractivity contribution in [2.24, 2.45) is 0 Å². The van der Waals surface area contributed by atoms with Crippen molar-refractivity contribution in [3.63, 3.8) is 0 Å². The average molecular weight is 654 g/mol. The molecule has 0 N–H and O–H groups in total. The van der Waals surface area contributed by atoms with E-state index >= 15 is 0 Å². The molecule has 0 atom stereocenters. The molecule has 0 fully saturated rings. The van der Waals surface area contributed by atoms with Crippen molar-refractivity contribution < 1.29 is 8.83 Å². The van der Waals surface area contributed by atoms with E-state index in [1.54, 1.807) is 0 Å². The molecule has 4 heterocycles. The van der Waals surface area contributed by atoms with Gasteiger partial charge in [-0.3, -0.25) is 0 Å². The molecule has 0 saturated carbocycles. The Kier molecular flexibility index (Phi) is 5.89. The second-order valence-corrected chi connectivity index (χ2v) is 13.0. The quantitative estimate of drug-likeness (QED) is 0.190. The minimum absolute atomic E-state index is 0.642. The maximum atomic E-state index is 6.27. The monoisotopic (exact) mass is 653 g/mol. The summed E-state index contributed by atoms with van der Waals surface area (Å²) in [4.78, 5) is 10.5. The van der Waals surface area contributed by atoms with Gasteiger partial charge in [-0.2, -0.15) is 0 Å². The average Bonchev–Trinajstić information content (AvgIpc) is 3.87. The second-order valence-electron chi connectivity index (χ2n) is 13.0. The van der Waals surface area contributed by atoms with Crippen LogP contribution in [0.1, 0.15) is 0 Å². The van der Waals surface area contributed by atoms with Crippen LogP contribution in [-0.4, -0.2) is 14.5 Å². The van der Waals surface area contributed by atoms with Crippen LogP contribution in [0.5, 0.6) is 0 Å². The highest BCUT2D eigenvalue weighted by molar-refractivity contribution is 6.12. The smallest absolute Gasteiger partial charge is 0.161 e. The minimum atomic E-state index is 0.642. The van der Waals surface area contributed by atoms with Gasteiger partial charge in [-0.15, -0.1) is 0 Å². The Labute approximate surface area is 291 Å². The summed E-state index contributed by atoms with van der Waals surface area (Å²) in [5.41, 5.74) is 11.4. The summed E-state index contributed by atoms with van der Waals surface area (Å²) in [6.45, 7) is 0. The normalized spacial score (nSPS) is 11.9. The van der Waals surface area contributed by atoms with E-state index in [9.17, 15) is 0 Å². The topological polar surface area (TPSA) is 57.0 Å². The number of hydrogen-bond acceptors (Lipinski definition) is 4. The van der Waals surface area contributed by atoms with Crippen molar-refractivity contribution in [1.29, 1.82) is 0 Å². The van der Waals surface area contributed by atoms with Crippen LogP contribution in [0.4, 0.5) is 0 Å².